The van der Waals surface area contributed by atoms with Crippen LogP contribution in [0, 0.1) is 0 Å². The van der Waals surface area contributed by atoms with Gasteiger partial charge in [-0.25, -0.2) is 4.98 Å². The molecule has 4 N–H and O–H groups in total. The molecule has 0 spiro atoms. The number of hydrogen-bond donors (Lipinski definition) is 3. The Labute approximate surface area is 112 Å². The number of nitrogens with one attached hydrogen (secondary N) is 2. The molecule has 0 aromatic carbocycles. The van der Waals surface area contributed by atoms with Crippen molar-refractivity contribution in [3.8, 4) is 0 Å². The van der Waals surface area contributed by atoms with Gasteiger partial charge in [-0.15, -0.1) is 0 Å². The first-order valence-corrected chi connectivity index (χ1v) is 6.03. The Morgan fingerprint density at radius 3 is 2.42 bits per heavy atom. The molecule has 0 aliphatic rings. The summed E-state index contributed by atoms with van der Waals surface area (Å²) < 4.78 is 0. The van der Waals surface area contributed by atoms with Gasteiger partial charge in [0.15, 0.2) is 0 Å². The molecule has 1 aromatic heterocycles. The Balaban J connectivity index is 2.61. The van der Waals surface area contributed by atoms with Crippen LogP contribution < -0.4 is 16.4 Å². The molecule has 19 heavy (non-hydrogen) atoms. The normalized spacial score (nSPS) is 12.6. The van der Waals surface area contributed by atoms with E-state index in [2.05, 4.69) is 15.6 Å². The number of nitrogens with two attached hydrogens (primary N) is 1. The van der Waals surface area contributed by atoms with E-state index in [0.29, 0.717) is 11.4 Å². The topological polar surface area (TPSA) is 97.1 Å². The third kappa shape index (κ3) is 4.95. The minimum Gasteiger partial charge on any atom is -0.384 e. The fourth-order valence-electron chi connectivity index (χ4n) is 1.36. The molecule has 1 rings (SSSR count). The summed E-state index contributed by atoms with van der Waals surface area (Å²) >= 11 is 0. The van der Waals surface area contributed by atoms with Crippen LogP contribution in [0.2, 0.25) is 0 Å². The number of anilines is 1. The maximum absolute atomic E-state index is 11.9. The van der Waals surface area contributed by atoms with Crippen LogP contribution in [-0.2, 0) is 4.79 Å². The zero-order valence-corrected chi connectivity index (χ0v) is 11.7. The summed E-state index contributed by atoms with van der Waals surface area (Å²) in [5, 5.41) is 5.40. The number of nitrogen functional groups attached to an aromatic ring is 1. The molecule has 6 nitrogen and oxygen atoms in total. The maximum Gasteiger partial charge on any atom is 0.253 e. The highest BCUT2D eigenvalue weighted by Gasteiger charge is 2.21. The third-order valence-corrected chi connectivity index (χ3v) is 2.29. The van der Waals surface area contributed by atoms with Crippen LogP contribution in [0.1, 0.15) is 38.1 Å². The van der Waals surface area contributed by atoms with Gasteiger partial charge in [-0.2, -0.15) is 0 Å². The smallest absolute Gasteiger partial charge is 0.253 e. The highest BCUT2D eigenvalue weighted by Crippen LogP contribution is 2.03. The van der Waals surface area contributed by atoms with Gasteiger partial charge >= 0.3 is 0 Å². The lowest BCUT2D eigenvalue weighted by atomic mass is 10.1. The van der Waals surface area contributed by atoms with E-state index in [1.165, 1.54) is 12.3 Å². The van der Waals surface area contributed by atoms with Crippen LogP contribution in [0.4, 0.5) is 5.82 Å². The molecule has 1 unspecified atom stereocenters. The first-order valence-electron chi connectivity index (χ1n) is 6.03. The van der Waals surface area contributed by atoms with E-state index < -0.39 is 6.04 Å². The molecule has 0 aliphatic carbocycles. The Bertz CT molecular complexity index is 463. The second-order valence-electron chi connectivity index (χ2n) is 5.41. The molecule has 1 aromatic rings. The molecule has 0 saturated carbocycles. The Morgan fingerprint density at radius 2 is 1.95 bits per heavy atom. The fourth-order valence-corrected chi connectivity index (χ4v) is 1.36. The zero-order chi connectivity index (χ0) is 14.6. The number of aromatic nitrogens is 1. The van der Waals surface area contributed by atoms with E-state index in [9.17, 15) is 9.59 Å². The van der Waals surface area contributed by atoms with Crippen LogP contribution in [0.5, 0.6) is 0 Å². The van der Waals surface area contributed by atoms with E-state index >= 15 is 0 Å². The lowest BCUT2D eigenvalue weighted by Crippen LogP contribution is -2.50. The van der Waals surface area contributed by atoms with Gasteiger partial charge < -0.3 is 16.4 Å². The second-order valence-corrected chi connectivity index (χ2v) is 5.41. The first kappa shape index (κ1) is 14.9. The molecule has 0 aliphatic heterocycles. The van der Waals surface area contributed by atoms with E-state index in [4.69, 9.17) is 5.73 Å². The third-order valence-electron chi connectivity index (χ3n) is 2.29. The molecular weight excluding hydrogens is 244 g/mol. The monoisotopic (exact) mass is 264 g/mol. The molecule has 0 bridgehead atoms. The first-order chi connectivity index (χ1) is 8.69. The van der Waals surface area contributed by atoms with Crippen LogP contribution in [0.25, 0.3) is 0 Å². The number of hydrogen-bond acceptors (Lipinski definition) is 4. The van der Waals surface area contributed by atoms with Crippen LogP contribution in [0.3, 0.4) is 0 Å². The molecule has 104 valence electrons. The summed E-state index contributed by atoms with van der Waals surface area (Å²) in [5.74, 6) is -0.247. The fraction of sp³-hybridized carbons (Fsp3) is 0.462. The van der Waals surface area contributed by atoms with Gasteiger partial charge in [0.05, 0.1) is 5.56 Å². The van der Waals surface area contributed by atoms with E-state index in [0.717, 1.165) is 0 Å². The van der Waals surface area contributed by atoms with Crippen molar-refractivity contribution >= 4 is 17.6 Å². The van der Waals surface area contributed by atoms with Gasteiger partial charge in [-0.1, -0.05) is 0 Å². The standard InChI is InChI=1S/C13H20N4O2/c1-8(11(18)17-13(2,3)4)16-12(19)9-5-6-10(14)15-7-9/h5-8H,1-4H3,(H2,14,15)(H,16,19)(H,17,18). The van der Waals surface area contributed by atoms with Crippen molar-refractivity contribution in [1.82, 2.24) is 15.6 Å². The number of nitrogens with zero attached hydrogens (tertiary/aromatic N) is 1. The molecule has 0 saturated heterocycles. The average Bonchev–Trinajstić information content (AvgIpc) is 2.27. The van der Waals surface area contributed by atoms with Crippen molar-refractivity contribution in [2.45, 2.75) is 39.3 Å². The average molecular weight is 264 g/mol. The maximum atomic E-state index is 11.9. The Morgan fingerprint density at radius 1 is 1.32 bits per heavy atom. The SMILES string of the molecule is CC(NC(=O)c1ccc(N)nc1)C(=O)NC(C)(C)C. The number of amides is 2. The van der Waals surface area contributed by atoms with E-state index in [1.807, 2.05) is 20.8 Å². The molecular formula is C13H20N4O2. The molecule has 6 heteroatoms. The summed E-state index contributed by atoms with van der Waals surface area (Å²) in [6, 6.07) is 2.48. The van der Waals surface area contributed by atoms with Gasteiger partial charge in [0, 0.05) is 11.7 Å². The number of rotatable bonds is 3. The number of carbonyl (C=O) groups is 2. The van der Waals surface area contributed by atoms with Crippen LogP contribution in [-0.4, -0.2) is 28.4 Å². The minimum absolute atomic E-state index is 0.232. The summed E-state index contributed by atoms with van der Waals surface area (Å²) in [6.45, 7) is 7.26. The molecule has 0 radical (unpaired) electrons. The quantitative estimate of drug-likeness (QED) is 0.748. The molecule has 1 heterocycles. The second kappa shape index (κ2) is 5.69. The predicted octanol–water partition coefficient (Wildman–Crippen LogP) is 0.697. The summed E-state index contributed by atoms with van der Waals surface area (Å²) in [5.41, 5.74) is 5.47. The molecule has 0 fully saturated rings. The summed E-state index contributed by atoms with van der Waals surface area (Å²) in [6.07, 6.45) is 1.37. The number of carbonyl (C=O) groups excluding carboxylic acids is 2. The lowest BCUT2D eigenvalue weighted by molar-refractivity contribution is -0.124. The number of pyridine rings is 1. The summed E-state index contributed by atoms with van der Waals surface area (Å²) in [7, 11) is 0. The van der Waals surface area contributed by atoms with Crippen molar-refractivity contribution in [3.63, 3.8) is 0 Å². The van der Waals surface area contributed by atoms with Crippen molar-refractivity contribution in [2.75, 3.05) is 5.73 Å². The van der Waals surface area contributed by atoms with Gasteiger partial charge in [-0.05, 0) is 39.8 Å². The van der Waals surface area contributed by atoms with Gasteiger partial charge in [0.25, 0.3) is 5.91 Å². The van der Waals surface area contributed by atoms with Crippen LogP contribution >= 0.6 is 0 Å². The van der Waals surface area contributed by atoms with Crippen molar-refractivity contribution < 1.29 is 9.59 Å². The lowest BCUT2D eigenvalue weighted by Gasteiger charge is -2.23. The highest BCUT2D eigenvalue weighted by atomic mass is 16.2. The van der Waals surface area contributed by atoms with E-state index in [1.54, 1.807) is 13.0 Å². The van der Waals surface area contributed by atoms with E-state index in [-0.39, 0.29) is 17.4 Å². The van der Waals surface area contributed by atoms with Gasteiger partial charge in [0.2, 0.25) is 5.91 Å². The van der Waals surface area contributed by atoms with Crippen molar-refractivity contribution in [2.24, 2.45) is 0 Å². The van der Waals surface area contributed by atoms with Crippen molar-refractivity contribution in [1.29, 1.82) is 0 Å². The molecule has 1 atom stereocenters. The Kier molecular flexibility index (Phi) is 4.47. The highest BCUT2D eigenvalue weighted by molar-refractivity contribution is 5.97. The summed E-state index contributed by atoms with van der Waals surface area (Å²) in [4.78, 5) is 27.5. The minimum atomic E-state index is -0.621. The van der Waals surface area contributed by atoms with Gasteiger partial charge in [0.1, 0.15) is 11.9 Å². The zero-order valence-electron chi connectivity index (χ0n) is 11.7. The van der Waals surface area contributed by atoms with Crippen molar-refractivity contribution in [3.05, 3.63) is 23.9 Å². The molecule has 2 amide bonds. The van der Waals surface area contributed by atoms with Crippen LogP contribution in [0.15, 0.2) is 18.3 Å². The van der Waals surface area contributed by atoms with Gasteiger partial charge in [-0.3, -0.25) is 9.59 Å². The predicted molar refractivity (Wildman–Crippen MR) is 73.5 cm³/mol. The Hall–Kier alpha value is -2.11. The largest absolute Gasteiger partial charge is 0.384 e.